The van der Waals surface area contributed by atoms with Gasteiger partial charge in [0, 0.05) is 22.7 Å². The third-order valence-electron chi connectivity index (χ3n) is 5.94. The van der Waals surface area contributed by atoms with Crippen LogP contribution in [-0.4, -0.2) is 36.7 Å². The van der Waals surface area contributed by atoms with E-state index in [0.29, 0.717) is 34.4 Å². The van der Waals surface area contributed by atoms with E-state index in [2.05, 4.69) is 5.32 Å². The van der Waals surface area contributed by atoms with Gasteiger partial charge in [0.05, 0.1) is 26.0 Å². The van der Waals surface area contributed by atoms with E-state index >= 15 is 0 Å². The van der Waals surface area contributed by atoms with Crippen molar-refractivity contribution < 1.29 is 19.1 Å². The molecule has 0 saturated carbocycles. The SMILES string of the molecule is COc1ccc(OC)c([C@@H](C)NC(=O)c2ccc([C@@H]3SCC(=O)N3Cc3ccc(Cl)cc3)cc2)c1. The molecule has 0 spiro atoms. The number of halogens is 1. The molecule has 6 nitrogen and oxygen atoms in total. The highest BCUT2D eigenvalue weighted by atomic mass is 35.5. The molecule has 0 radical (unpaired) electrons. The maximum atomic E-state index is 12.9. The highest BCUT2D eigenvalue weighted by molar-refractivity contribution is 8.00. The van der Waals surface area contributed by atoms with Crippen LogP contribution in [0.3, 0.4) is 0 Å². The van der Waals surface area contributed by atoms with Crippen LogP contribution in [-0.2, 0) is 11.3 Å². The average molecular weight is 511 g/mol. The quantitative estimate of drug-likeness (QED) is 0.426. The highest BCUT2D eigenvalue weighted by Gasteiger charge is 2.32. The summed E-state index contributed by atoms with van der Waals surface area (Å²) in [7, 11) is 3.20. The van der Waals surface area contributed by atoms with Gasteiger partial charge >= 0.3 is 0 Å². The van der Waals surface area contributed by atoms with Gasteiger partial charge < -0.3 is 19.7 Å². The van der Waals surface area contributed by atoms with Gasteiger partial charge in [-0.15, -0.1) is 11.8 Å². The zero-order chi connectivity index (χ0) is 24.9. The molecule has 1 aliphatic rings. The van der Waals surface area contributed by atoms with Crippen molar-refractivity contribution in [3.05, 3.63) is 94.0 Å². The van der Waals surface area contributed by atoms with Gasteiger partial charge in [0.1, 0.15) is 16.9 Å². The van der Waals surface area contributed by atoms with E-state index in [1.165, 1.54) is 0 Å². The first-order valence-corrected chi connectivity index (χ1v) is 12.6. The largest absolute Gasteiger partial charge is 0.497 e. The molecule has 182 valence electrons. The van der Waals surface area contributed by atoms with E-state index < -0.39 is 0 Å². The molecule has 1 fully saturated rings. The number of benzene rings is 3. The Morgan fingerprint density at radius 3 is 2.46 bits per heavy atom. The van der Waals surface area contributed by atoms with Crippen LogP contribution in [0.25, 0.3) is 0 Å². The fraction of sp³-hybridized carbons (Fsp3) is 0.259. The molecule has 0 unspecified atom stereocenters. The summed E-state index contributed by atoms with van der Waals surface area (Å²) in [6, 6.07) is 20.1. The van der Waals surface area contributed by atoms with Crippen LogP contribution in [0, 0.1) is 0 Å². The van der Waals surface area contributed by atoms with Crippen LogP contribution >= 0.6 is 23.4 Å². The number of carbonyl (C=O) groups is 2. The predicted molar refractivity (Wildman–Crippen MR) is 139 cm³/mol. The van der Waals surface area contributed by atoms with Crippen LogP contribution < -0.4 is 14.8 Å². The lowest BCUT2D eigenvalue weighted by molar-refractivity contribution is -0.128. The van der Waals surface area contributed by atoms with Gasteiger partial charge in [-0.2, -0.15) is 0 Å². The summed E-state index contributed by atoms with van der Waals surface area (Å²) >= 11 is 7.58. The Morgan fingerprint density at radius 1 is 1.09 bits per heavy atom. The van der Waals surface area contributed by atoms with Crippen molar-refractivity contribution in [1.29, 1.82) is 0 Å². The Bertz CT molecular complexity index is 1200. The van der Waals surface area contributed by atoms with Crippen molar-refractivity contribution >= 4 is 35.2 Å². The van der Waals surface area contributed by atoms with Crippen molar-refractivity contribution in [2.45, 2.75) is 24.9 Å². The Kier molecular flexibility index (Phi) is 7.88. The summed E-state index contributed by atoms with van der Waals surface area (Å²) in [5.74, 6) is 1.70. The minimum atomic E-state index is -0.287. The number of rotatable bonds is 8. The molecule has 1 heterocycles. The number of carbonyl (C=O) groups excluding carboxylic acids is 2. The lowest BCUT2D eigenvalue weighted by Crippen LogP contribution is -2.28. The highest BCUT2D eigenvalue weighted by Crippen LogP contribution is 2.39. The summed E-state index contributed by atoms with van der Waals surface area (Å²) in [4.78, 5) is 27.4. The van der Waals surface area contributed by atoms with Gasteiger partial charge in [-0.3, -0.25) is 9.59 Å². The smallest absolute Gasteiger partial charge is 0.251 e. The van der Waals surface area contributed by atoms with Crippen molar-refractivity contribution in [2.75, 3.05) is 20.0 Å². The fourth-order valence-electron chi connectivity index (χ4n) is 4.02. The molecule has 1 aliphatic heterocycles. The molecule has 1 saturated heterocycles. The minimum absolute atomic E-state index is 0.0952. The maximum absolute atomic E-state index is 12.9. The molecule has 35 heavy (non-hydrogen) atoms. The number of methoxy groups -OCH3 is 2. The lowest BCUT2D eigenvalue weighted by atomic mass is 10.1. The fourth-order valence-corrected chi connectivity index (χ4v) is 5.34. The second-order valence-corrected chi connectivity index (χ2v) is 9.74. The molecule has 1 N–H and O–H groups in total. The van der Waals surface area contributed by atoms with E-state index in [1.807, 2.05) is 66.4 Å². The van der Waals surface area contributed by atoms with Gasteiger partial charge in [-0.05, 0) is 60.5 Å². The second kappa shape index (κ2) is 11.1. The molecular formula is C27H27ClN2O4S. The van der Waals surface area contributed by atoms with E-state index in [4.69, 9.17) is 21.1 Å². The number of hydrogen-bond donors (Lipinski definition) is 1. The first-order valence-electron chi connectivity index (χ1n) is 11.2. The van der Waals surface area contributed by atoms with Gasteiger partial charge in [0.15, 0.2) is 0 Å². The molecule has 8 heteroatoms. The van der Waals surface area contributed by atoms with Crippen molar-refractivity contribution in [1.82, 2.24) is 10.2 Å². The summed E-state index contributed by atoms with van der Waals surface area (Å²) < 4.78 is 10.8. The Balaban J connectivity index is 1.46. The van der Waals surface area contributed by atoms with Crippen LogP contribution in [0.4, 0.5) is 0 Å². The molecule has 0 aromatic heterocycles. The number of hydrogen-bond acceptors (Lipinski definition) is 5. The molecule has 0 aliphatic carbocycles. The molecule has 3 aromatic carbocycles. The van der Waals surface area contributed by atoms with Crippen LogP contribution in [0.5, 0.6) is 11.5 Å². The number of thioether (sulfide) groups is 1. The summed E-state index contributed by atoms with van der Waals surface area (Å²) in [5.41, 5.74) is 3.37. The minimum Gasteiger partial charge on any atom is -0.497 e. The number of ether oxygens (including phenoxy) is 2. The molecule has 0 bridgehead atoms. The van der Waals surface area contributed by atoms with Gasteiger partial charge in [0.25, 0.3) is 5.91 Å². The summed E-state index contributed by atoms with van der Waals surface area (Å²) in [6.45, 7) is 2.41. The van der Waals surface area contributed by atoms with Crippen molar-refractivity contribution in [2.24, 2.45) is 0 Å². The van der Waals surface area contributed by atoms with E-state index in [9.17, 15) is 9.59 Å². The predicted octanol–water partition coefficient (Wildman–Crippen LogP) is 5.62. The van der Waals surface area contributed by atoms with Gasteiger partial charge in [0.2, 0.25) is 5.91 Å². The third-order valence-corrected chi connectivity index (χ3v) is 7.45. The average Bonchev–Trinajstić information content (AvgIpc) is 3.24. The standard InChI is InChI=1S/C27H27ClN2O4S/c1-17(23-14-22(33-2)12-13-24(23)34-3)29-26(32)19-6-8-20(9-7-19)27-30(25(31)16-35-27)15-18-4-10-21(28)11-5-18/h4-14,17,27H,15-16H2,1-3H3,(H,29,32)/t17-,27+/m1/s1. The van der Waals surface area contributed by atoms with Gasteiger partial charge in [-0.1, -0.05) is 35.9 Å². The second-order valence-electron chi connectivity index (χ2n) is 8.24. The summed E-state index contributed by atoms with van der Waals surface area (Å²) in [5, 5.41) is 3.59. The molecular weight excluding hydrogens is 484 g/mol. The maximum Gasteiger partial charge on any atom is 0.251 e. The van der Waals surface area contributed by atoms with E-state index in [0.717, 1.165) is 16.7 Å². The van der Waals surface area contributed by atoms with Crippen LogP contribution in [0.15, 0.2) is 66.7 Å². The number of nitrogens with one attached hydrogen (secondary N) is 1. The van der Waals surface area contributed by atoms with Crippen LogP contribution in [0.1, 0.15) is 45.4 Å². The number of amides is 2. The zero-order valence-electron chi connectivity index (χ0n) is 19.8. The Labute approximate surface area is 214 Å². The van der Waals surface area contributed by atoms with E-state index in [-0.39, 0.29) is 23.2 Å². The van der Waals surface area contributed by atoms with Crippen molar-refractivity contribution in [3.8, 4) is 11.5 Å². The molecule has 2 atom stereocenters. The first kappa shape index (κ1) is 24.9. The van der Waals surface area contributed by atoms with Crippen molar-refractivity contribution in [3.63, 3.8) is 0 Å². The van der Waals surface area contributed by atoms with Gasteiger partial charge in [-0.25, -0.2) is 0 Å². The first-order chi connectivity index (χ1) is 16.9. The number of nitrogens with zero attached hydrogens (tertiary/aromatic N) is 1. The third kappa shape index (κ3) is 5.74. The lowest BCUT2D eigenvalue weighted by Gasteiger charge is -2.24. The molecule has 2 amide bonds. The molecule has 4 rings (SSSR count). The molecule has 3 aromatic rings. The van der Waals surface area contributed by atoms with Crippen LogP contribution in [0.2, 0.25) is 5.02 Å². The normalized spacial score (nSPS) is 16.2. The topological polar surface area (TPSA) is 67.9 Å². The zero-order valence-corrected chi connectivity index (χ0v) is 21.4. The summed E-state index contributed by atoms with van der Waals surface area (Å²) in [6.07, 6.45) is 0. The Hall–Kier alpha value is -3.16. The monoisotopic (exact) mass is 510 g/mol. The Morgan fingerprint density at radius 2 is 1.80 bits per heavy atom. The van der Waals surface area contributed by atoms with E-state index in [1.54, 1.807) is 38.1 Å².